The largest absolute Gasteiger partial charge is 0.481 e. The van der Waals surface area contributed by atoms with Crippen LogP contribution in [0.25, 0.3) is 0 Å². The van der Waals surface area contributed by atoms with Gasteiger partial charge >= 0.3 is 5.97 Å². The van der Waals surface area contributed by atoms with Crippen molar-refractivity contribution in [3.63, 3.8) is 0 Å². The molecular formula is C19H20O4. The molecule has 0 aliphatic heterocycles. The summed E-state index contributed by atoms with van der Waals surface area (Å²) >= 11 is 0. The molecule has 1 saturated carbocycles. The Morgan fingerprint density at radius 1 is 0.913 bits per heavy atom. The van der Waals surface area contributed by atoms with Gasteiger partial charge in [0, 0.05) is 11.8 Å². The highest BCUT2D eigenvalue weighted by Gasteiger charge is 2.55. The number of aliphatic carboxylic acids is 1. The van der Waals surface area contributed by atoms with Crippen LogP contribution in [0.15, 0.2) is 60.7 Å². The van der Waals surface area contributed by atoms with Crippen LogP contribution in [0.5, 0.6) is 0 Å². The number of aliphatic hydroxyl groups excluding tert-OH is 1. The van der Waals surface area contributed by atoms with Crippen LogP contribution in [0, 0.1) is 11.8 Å². The minimum atomic E-state index is -0.784. The molecule has 1 fully saturated rings. The molecule has 4 nitrogen and oxygen atoms in total. The molecule has 3 rings (SSSR count). The van der Waals surface area contributed by atoms with Crippen LogP contribution in [0.2, 0.25) is 0 Å². The molecule has 0 amide bonds. The summed E-state index contributed by atoms with van der Waals surface area (Å²) in [6.45, 7) is -0.00331. The van der Waals surface area contributed by atoms with Crippen LogP contribution in [0.1, 0.15) is 23.0 Å². The van der Waals surface area contributed by atoms with Crippen molar-refractivity contribution in [2.45, 2.75) is 11.8 Å². The zero-order valence-electron chi connectivity index (χ0n) is 12.7. The minimum Gasteiger partial charge on any atom is -0.481 e. The van der Waals surface area contributed by atoms with E-state index in [2.05, 4.69) is 0 Å². The highest BCUT2D eigenvalue weighted by atomic mass is 16.6. The Morgan fingerprint density at radius 2 is 1.39 bits per heavy atom. The molecule has 1 aliphatic carbocycles. The van der Waals surface area contributed by atoms with Gasteiger partial charge in [0.15, 0.2) is 0 Å². The lowest BCUT2D eigenvalue weighted by atomic mass is 9.53. The van der Waals surface area contributed by atoms with E-state index < -0.39 is 11.9 Å². The van der Waals surface area contributed by atoms with Crippen LogP contribution >= 0.6 is 0 Å². The van der Waals surface area contributed by atoms with E-state index in [0.717, 1.165) is 11.1 Å². The fourth-order valence-corrected chi connectivity index (χ4v) is 3.80. The fraction of sp³-hybridized carbons (Fsp3) is 0.316. The van der Waals surface area contributed by atoms with Crippen molar-refractivity contribution in [1.29, 1.82) is 0 Å². The van der Waals surface area contributed by atoms with Gasteiger partial charge in [0.2, 0.25) is 0 Å². The molecule has 2 N–H and O–H groups in total. The summed E-state index contributed by atoms with van der Waals surface area (Å²) in [6.07, 6.45) is 0. The quantitative estimate of drug-likeness (QED) is 0.805. The van der Waals surface area contributed by atoms with Crippen LogP contribution in [0.3, 0.4) is 0 Å². The van der Waals surface area contributed by atoms with Gasteiger partial charge in [-0.25, -0.2) is 0 Å². The topological polar surface area (TPSA) is 66.8 Å². The first kappa shape index (κ1) is 15.7. The van der Waals surface area contributed by atoms with Crippen molar-refractivity contribution in [2.75, 3.05) is 13.4 Å². The normalized spacial score (nSPS) is 26.5. The smallest absolute Gasteiger partial charge is 0.307 e. The van der Waals surface area contributed by atoms with Crippen molar-refractivity contribution in [3.05, 3.63) is 71.8 Å². The Morgan fingerprint density at radius 3 is 1.78 bits per heavy atom. The highest BCUT2D eigenvalue weighted by molar-refractivity contribution is 5.75. The van der Waals surface area contributed by atoms with E-state index in [-0.39, 0.29) is 24.5 Å². The fourth-order valence-electron chi connectivity index (χ4n) is 3.80. The van der Waals surface area contributed by atoms with Crippen molar-refractivity contribution in [3.8, 4) is 0 Å². The van der Waals surface area contributed by atoms with Gasteiger partial charge in [-0.3, -0.25) is 4.79 Å². The van der Waals surface area contributed by atoms with Crippen molar-refractivity contribution in [2.24, 2.45) is 11.8 Å². The molecule has 0 spiro atoms. The van der Waals surface area contributed by atoms with E-state index >= 15 is 0 Å². The van der Waals surface area contributed by atoms with E-state index in [0.29, 0.717) is 6.61 Å². The molecule has 120 valence electrons. The van der Waals surface area contributed by atoms with Crippen LogP contribution in [0.4, 0.5) is 0 Å². The second-order valence-electron chi connectivity index (χ2n) is 5.90. The lowest BCUT2D eigenvalue weighted by Gasteiger charge is -2.50. The van der Waals surface area contributed by atoms with Gasteiger partial charge in [0.1, 0.15) is 6.79 Å². The van der Waals surface area contributed by atoms with Crippen LogP contribution in [-0.2, 0) is 9.53 Å². The average Bonchev–Trinajstić information content (AvgIpc) is 2.56. The predicted octanol–water partition coefficient (Wildman–Crippen LogP) is 2.85. The molecule has 0 bridgehead atoms. The molecule has 2 aromatic carbocycles. The van der Waals surface area contributed by atoms with Gasteiger partial charge < -0.3 is 14.9 Å². The van der Waals surface area contributed by atoms with Crippen LogP contribution in [-0.4, -0.2) is 29.6 Å². The van der Waals surface area contributed by atoms with Crippen LogP contribution < -0.4 is 0 Å². The van der Waals surface area contributed by atoms with Crippen molar-refractivity contribution in [1.82, 2.24) is 0 Å². The second kappa shape index (κ2) is 6.94. The third-order valence-electron chi connectivity index (χ3n) is 4.75. The summed E-state index contributed by atoms with van der Waals surface area (Å²) in [6, 6.07) is 19.4. The molecule has 2 atom stereocenters. The molecule has 0 aromatic heterocycles. The summed E-state index contributed by atoms with van der Waals surface area (Å²) in [5, 5.41) is 18.7. The summed E-state index contributed by atoms with van der Waals surface area (Å²) in [4.78, 5) is 11.9. The number of rotatable bonds is 6. The average molecular weight is 312 g/mol. The van der Waals surface area contributed by atoms with Gasteiger partial charge in [0.25, 0.3) is 0 Å². The van der Waals surface area contributed by atoms with Gasteiger partial charge in [-0.1, -0.05) is 60.7 Å². The molecule has 2 aromatic rings. The third kappa shape index (κ3) is 3.00. The number of carboxylic acid groups (broad SMARTS) is 1. The van der Waals surface area contributed by atoms with E-state index in [1.54, 1.807) is 0 Å². The summed E-state index contributed by atoms with van der Waals surface area (Å²) < 4.78 is 5.23. The van der Waals surface area contributed by atoms with Gasteiger partial charge in [-0.15, -0.1) is 0 Å². The standard InChI is InChI=1S/C19H20O4/c20-12-23-11-15-16(13-7-3-1-4-8-13)18(19(21)22)17(15)14-9-5-2-6-10-14/h1-10,15-18,20H,11-12H2,(H,21,22)/t15?,16-,17-,18?/m0/s1. The Hall–Kier alpha value is -2.17. The monoisotopic (exact) mass is 312 g/mol. The number of ether oxygens (including phenoxy) is 1. The lowest BCUT2D eigenvalue weighted by molar-refractivity contribution is -0.153. The van der Waals surface area contributed by atoms with Gasteiger partial charge in [0.05, 0.1) is 12.5 Å². The molecule has 1 aliphatic rings. The first-order valence-electron chi connectivity index (χ1n) is 7.75. The highest BCUT2D eigenvalue weighted by Crippen LogP contribution is 2.57. The lowest BCUT2D eigenvalue weighted by Crippen LogP contribution is -2.49. The first-order valence-corrected chi connectivity index (χ1v) is 7.75. The Bertz CT molecular complexity index is 593. The van der Waals surface area contributed by atoms with E-state index in [1.165, 1.54) is 0 Å². The summed E-state index contributed by atoms with van der Waals surface area (Å²) in [7, 11) is 0. The van der Waals surface area contributed by atoms with Crippen molar-refractivity contribution >= 4 is 5.97 Å². The second-order valence-corrected chi connectivity index (χ2v) is 5.90. The number of carboxylic acids is 1. The molecule has 0 radical (unpaired) electrons. The third-order valence-corrected chi connectivity index (χ3v) is 4.75. The summed E-state index contributed by atoms with van der Waals surface area (Å²) in [5.74, 6) is -1.44. The predicted molar refractivity (Wildman–Crippen MR) is 86.0 cm³/mol. The molecule has 0 saturated heterocycles. The minimum absolute atomic E-state index is 0.0352. The van der Waals surface area contributed by atoms with E-state index in [4.69, 9.17) is 9.84 Å². The molecular weight excluding hydrogens is 292 g/mol. The Kier molecular flexibility index (Phi) is 4.74. The Labute approximate surface area is 135 Å². The molecule has 0 heterocycles. The molecule has 0 unspecified atom stereocenters. The zero-order valence-corrected chi connectivity index (χ0v) is 12.7. The first-order chi connectivity index (χ1) is 11.2. The number of benzene rings is 2. The number of hydrogen-bond acceptors (Lipinski definition) is 3. The van der Waals surface area contributed by atoms with Gasteiger partial charge in [-0.05, 0) is 17.0 Å². The Balaban J connectivity index is 1.96. The maximum atomic E-state index is 11.9. The summed E-state index contributed by atoms with van der Waals surface area (Å²) in [5.41, 5.74) is 2.03. The van der Waals surface area contributed by atoms with E-state index in [9.17, 15) is 9.90 Å². The SMILES string of the molecule is O=C(O)C1[C@@H](c2ccccc2)C(COCO)[C@@H]1c1ccccc1. The molecule has 4 heteroatoms. The number of aliphatic hydroxyl groups is 1. The number of hydrogen-bond donors (Lipinski definition) is 2. The van der Waals surface area contributed by atoms with Gasteiger partial charge in [-0.2, -0.15) is 0 Å². The number of carbonyl (C=O) groups is 1. The molecule has 23 heavy (non-hydrogen) atoms. The maximum Gasteiger partial charge on any atom is 0.307 e. The van der Waals surface area contributed by atoms with Crippen molar-refractivity contribution < 1.29 is 19.7 Å². The maximum absolute atomic E-state index is 11.9. The zero-order chi connectivity index (χ0) is 16.2. The van der Waals surface area contributed by atoms with E-state index in [1.807, 2.05) is 60.7 Å².